The number of aromatic nitrogens is 1. The molecule has 29 heavy (non-hydrogen) atoms. The first-order valence-corrected chi connectivity index (χ1v) is 9.32. The number of imide groups is 2. The average Bonchev–Trinajstić information content (AvgIpc) is 3.11. The van der Waals surface area contributed by atoms with Crippen LogP contribution in [0.15, 0.2) is 49.1 Å². The van der Waals surface area contributed by atoms with Crippen LogP contribution in [0.3, 0.4) is 0 Å². The highest BCUT2D eigenvalue weighted by molar-refractivity contribution is 6.45. The number of carbonyl (C=O) groups excluding carboxylic acids is 4. The normalized spacial score (nSPS) is 15.2. The van der Waals surface area contributed by atoms with E-state index in [9.17, 15) is 19.2 Å². The van der Waals surface area contributed by atoms with Gasteiger partial charge >= 0.3 is 17.8 Å². The van der Waals surface area contributed by atoms with Gasteiger partial charge in [0, 0.05) is 23.5 Å². The quantitative estimate of drug-likeness (QED) is 0.314. The molecular weight excluding hydrogens is 370 g/mol. The molecule has 0 N–H and O–H groups in total. The van der Waals surface area contributed by atoms with Crippen molar-refractivity contribution in [1.29, 1.82) is 0 Å². The molecule has 1 atom stereocenters. The van der Waals surface area contributed by atoms with Gasteiger partial charge in [-0.05, 0) is 32.4 Å². The van der Waals surface area contributed by atoms with E-state index in [0.29, 0.717) is 10.5 Å². The predicted octanol–water partition coefficient (Wildman–Crippen LogP) is 2.87. The predicted molar refractivity (Wildman–Crippen MR) is 108 cm³/mol. The van der Waals surface area contributed by atoms with Crippen LogP contribution in [0, 0.1) is 13.8 Å². The maximum atomic E-state index is 12.9. The number of rotatable bonds is 7. The highest BCUT2D eigenvalue weighted by Crippen LogP contribution is 2.26. The van der Waals surface area contributed by atoms with Crippen LogP contribution in [0.1, 0.15) is 40.3 Å². The molecular formula is C22H23N3O4. The summed E-state index contributed by atoms with van der Waals surface area (Å²) in [5.74, 6) is -2.32. The molecule has 1 aliphatic rings. The van der Waals surface area contributed by atoms with Crippen LogP contribution in [-0.2, 0) is 9.59 Å². The summed E-state index contributed by atoms with van der Waals surface area (Å²) in [5, 5.41) is 0. The Morgan fingerprint density at radius 1 is 1.07 bits per heavy atom. The van der Waals surface area contributed by atoms with Gasteiger partial charge < -0.3 is 4.57 Å². The Morgan fingerprint density at radius 2 is 1.69 bits per heavy atom. The smallest absolute Gasteiger partial charge is 0.334 e. The Morgan fingerprint density at radius 3 is 2.31 bits per heavy atom. The van der Waals surface area contributed by atoms with Crippen LogP contribution in [0.2, 0.25) is 0 Å². The van der Waals surface area contributed by atoms with Crippen molar-refractivity contribution < 1.29 is 19.2 Å². The maximum Gasteiger partial charge on any atom is 0.334 e. The number of amides is 4. The van der Waals surface area contributed by atoms with E-state index in [2.05, 4.69) is 6.58 Å². The lowest BCUT2D eigenvalue weighted by Crippen LogP contribution is -2.37. The van der Waals surface area contributed by atoms with E-state index in [0.717, 1.165) is 21.9 Å². The van der Waals surface area contributed by atoms with Crippen molar-refractivity contribution in [2.75, 3.05) is 13.1 Å². The third-order valence-corrected chi connectivity index (χ3v) is 5.20. The molecule has 4 amide bonds. The Kier molecular flexibility index (Phi) is 5.50. The number of Topliss-reactive ketones (excluding diaryl/α,β-unsaturated/α-hetero) is 1. The van der Waals surface area contributed by atoms with Crippen molar-refractivity contribution in [3.05, 3.63) is 71.6 Å². The minimum atomic E-state index is -0.989. The largest absolute Gasteiger partial charge is 0.341 e. The number of hydrogen-bond acceptors (Lipinski definition) is 4. The highest BCUT2D eigenvalue weighted by Gasteiger charge is 2.44. The molecule has 7 heteroatoms. The van der Waals surface area contributed by atoms with Gasteiger partial charge in [-0.1, -0.05) is 36.4 Å². The maximum absolute atomic E-state index is 12.9. The Balaban J connectivity index is 1.86. The van der Waals surface area contributed by atoms with Gasteiger partial charge in [-0.3, -0.25) is 19.3 Å². The first-order chi connectivity index (χ1) is 13.8. The lowest BCUT2D eigenvalue weighted by molar-refractivity contribution is -0.142. The summed E-state index contributed by atoms with van der Waals surface area (Å²) in [5.41, 5.74) is 3.17. The van der Waals surface area contributed by atoms with Gasteiger partial charge in [0.05, 0.1) is 12.6 Å². The fourth-order valence-electron chi connectivity index (χ4n) is 3.74. The molecule has 0 saturated carbocycles. The van der Waals surface area contributed by atoms with Gasteiger partial charge in [0.1, 0.15) is 0 Å². The molecule has 0 spiro atoms. The van der Waals surface area contributed by atoms with E-state index in [1.807, 2.05) is 55.7 Å². The zero-order chi connectivity index (χ0) is 21.3. The van der Waals surface area contributed by atoms with Crippen LogP contribution >= 0.6 is 0 Å². The molecule has 1 fully saturated rings. The number of hydrogen-bond donors (Lipinski definition) is 0. The second-order valence-electron chi connectivity index (χ2n) is 7.04. The lowest BCUT2D eigenvalue weighted by Gasteiger charge is -2.19. The van der Waals surface area contributed by atoms with Crippen LogP contribution in [-0.4, -0.2) is 51.1 Å². The van der Waals surface area contributed by atoms with Crippen LogP contribution in [0.5, 0.6) is 0 Å². The fourth-order valence-corrected chi connectivity index (χ4v) is 3.74. The number of aryl methyl sites for hydroxylation is 1. The number of carbonyl (C=O) groups is 4. The average molecular weight is 393 g/mol. The minimum absolute atomic E-state index is 0.0115. The van der Waals surface area contributed by atoms with E-state index in [4.69, 9.17) is 0 Å². The summed E-state index contributed by atoms with van der Waals surface area (Å²) >= 11 is 0. The molecule has 1 aliphatic heterocycles. The molecule has 0 radical (unpaired) electrons. The van der Waals surface area contributed by atoms with E-state index < -0.39 is 24.4 Å². The fraction of sp³-hybridized carbons (Fsp3) is 0.273. The second-order valence-corrected chi connectivity index (χ2v) is 7.04. The number of urea groups is 1. The summed E-state index contributed by atoms with van der Waals surface area (Å²) in [4.78, 5) is 50.8. The Labute approximate surface area is 169 Å². The highest BCUT2D eigenvalue weighted by atomic mass is 16.2. The molecule has 0 unspecified atom stereocenters. The summed E-state index contributed by atoms with van der Waals surface area (Å²) in [7, 11) is 0. The number of benzene rings is 1. The topological polar surface area (TPSA) is 79.7 Å². The zero-order valence-corrected chi connectivity index (χ0v) is 16.7. The zero-order valence-electron chi connectivity index (χ0n) is 16.7. The van der Waals surface area contributed by atoms with Crippen molar-refractivity contribution >= 4 is 23.6 Å². The van der Waals surface area contributed by atoms with E-state index >= 15 is 0 Å². The Bertz CT molecular complexity index is 1010. The summed E-state index contributed by atoms with van der Waals surface area (Å²) in [6, 6.07) is 10.9. The summed E-state index contributed by atoms with van der Waals surface area (Å²) < 4.78 is 2.05. The van der Waals surface area contributed by atoms with E-state index in [1.165, 1.54) is 6.08 Å². The summed E-state index contributed by atoms with van der Waals surface area (Å²) in [6.07, 6.45) is 1.35. The van der Waals surface area contributed by atoms with Crippen LogP contribution < -0.4 is 0 Å². The van der Waals surface area contributed by atoms with Crippen molar-refractivity contribution in [3.8, 4) is 0 Å². The standard InChI is InChI=1S/C22H23N3O4/c1-5-11-23-20(27)21(28)24(22(23)29)13-19(26)18-12-14(2)25(16(18)4)15(3)17-9-7-6-8-10-17/h5-10,12,15H,1,11,13H2,2-4H3/t15-/m0/s1. The SMILES string of the molecule is C=CCN1C(=O)C(=O)N(CC(=O)c2cc(C)n([C@@H](C)c3ccccc3)c2C)C1=O. The molecule has 1 aromatic carbocycles. The molecule has 2 heterocycles. The second kappa shape index (κ2) is 7.87. The monoisotopic (exact) mass is 393 g/mol. The van der Waals surface area contributed by atoms with Gasteiger partial charge in [0.15, 0.2) is 5.78 Å². The van der Waals surface area contributed by atoms with Gasteiger partial charge in [-0.2, -0.15) is 0 Å². The van der Waals surface area contributed by atoms with Gasteiger partial charge in [0.25, 0.3) is 0 Å². The van der Waals surface area contributed by atoms with Gasteiger partial charge in [0.2, 0.25) is 0 Å². The van der Waals surface area contributed by atoms with Crippen LogP contribution in [0.4, 0.5) is 4.79 Å². The van der Waals surface area contributed by atoms with E-state index in [1.54, 1.807) is 6.07 Å². The Hall–Kier alpha value is -3.48. The van der Waals surface area contributed by atoms with Crippen molar-refractivity contribution in [3.63, 3.8) is 0 Å². The molecule has 1 saturated heterocycles. The van der Waals surface area contributed by atoms with Crippen LogP contribution in [0.25, 0.3) is 0 Å². The molecule has 0 aliphatic carbocycles. The molecule has 7 nitrogen and oxygen atoms in total. The van der Waals surface area contributed by atoms with Crippen molar-refractivity contribution in [2.24, 2.45) is 0 Å². The van der Waals surface area contributed by atoms with E-state index in [-0.39, 0.29) is 18.4 Å². The van der Waals surface area contributed by atoms with Gasteiger partial charge in [-0.25, -0.2) is 9.69 Å². The molecule has 150 valence electrons. The van der Waals surface area contributed by atoms with Gasteiger partial charge in [-0.15, -0.1) is 6.58 Å². The minimum Gasteiger partial charge on any atom is -0.341 e. The first kappa shape index (κ1) is 20.3. The number of ketones is 1. The lowest BCUT2D eigenvalue weighted by atomic mass is 10.1. The third-order valence-electron chi connectivity index (χ3n) is 5.20. The summed E-state index contributed by atoms with van der Waals surface area (Å²) in [6.45, 7) is 8.72. The third kappa shape index (κ3) is 3.51. The van der Waals surface area contributed by atoms with Crippen molar-refractivity contribution in [2.45, 2.75) is 26.8 Å². The number of nitrogens with zero attached hydrogens (tertiary/aromatic N) is 3. The van der Waals surface area contributed by atoms with Crippen molar-refractivity contribution in [1.82, 2.24) is 14.4 Å². The molecule has 0 bridgehead atoms. The molecule has 3 rings (SSSR count). The molecule has 1 aromatic heterocycles. The first-order valence-electron chi connectivity index (χ1n) is 9.32. The molecule has 2 aromatic rings.